The molecular formula is C92H62N2S. The molecule has 18 aromatic rings. The summed E-state index contributed by atoms with van der Waals surface area (Å²) in [4.78, 5) is 11.0. The van der Waals surface area contributed by atoms with Crippen LogP contribution in [-0.4, -0.2) is 9.97 Å². The van der Waals surface area contributed by atoms with E-state index < -0.39 is 0 Å². The highest BCUT2D eigenvalue weighted by Crippen LogP contribution is 2.48. The summed E-state index contributed by atoms with van der Waals surface area (Å²) < 4.78 is 2.62. The normalized spacial score (nSPS) is 11.8. The first-order valence-electron chi connectivity index (χ1n) is 33.0. The lowest BCUT2D eigenvalue weighted by molar-refractivity contribution is 1.14. The molecule has 0 spiro atoms. The zero-order valence-corrected chi connectivity index (χ0v) is 53.8. The van der Waals surface area contributed by atoms with Gasteiger partial charge in [0.1, 0.15) is 0 Å². The van der Waals surface area contributed by atoms with Crippen LogP contribution >= 0.6 is 11.3 Å². The molecule has 0 aliphatic heterocycles. The Labute approximate surface area is 556 Å². The molecule has 95 heavy (non-hydrogen) atoms. The lowest BCUT2D eigenvalue weighted by Crippen LogP contribution is -1.98. The fraction of sp³-hybridized carbons (Fsp3) is 0.0435. The second kappa shape index (κ2) is 22.9. The fourth-order valence-corrected chi connectivity index (χ4v) is 16.5. The molecule has 18 rings (SSSR count). The van der Waals surface area contributed by atoms with Gasteiger partial charge in [-0.25, -0.2) is 9.97 Å². The van der Waals surface area contributed by atoms with Gasteiger partial charge >= 0.3 is 0 Å². The number of pyridine rings is 2. The van der Waals surface area contributed by atoms with Crippen molar-refractivity contribution in [3.8, 4) is 100 Å². The van der Waals surface area contributed by atoms with Crippen LogP contribution in [0.25, 0.3) is 185 Å². The van der Waals surface area contributed by atoms with Gasteiger partial charge in [0.25, 0.3) is 0 Å². The Bertz CT molecular complexity index is 6070. The number of benzene rings is 15. The third-order valence-electron chi connectivity index (χ3n) is 20.0. The van der Waals surface area contributed by atoms with Crippen molar-refractivity contribution in [2.45, 2.75) is 27.2 Å². The highest BCUT2D eigenvalue weighted by molar-refractivity contribution is 7.26. The van der Waals surface area contributed by atoms with Gasteiger partial charge in [-0.3, -0.25) is 0 Å². The van der Waals surface area contributed by atoms with E-state index in [0.717, 1.165) is 50.7 Å². The first-order chi connectivity index (χ1) is 46.9. The van der Waals surface area contributed by atoms with Gasteiger partial charge in [-0.05, 0) is 208 Å². The molecule has 0 aliphatic rings. The van der Waals surface area contributed by atoms with E-state index in [2.05, 4.69) is 330 Å². The van der Waals surface area contributed by atoms with Gasteiger partial charge in [0.2, 0.25) is 0 Å². The molecule has 0 N–H and O–H groups in total. The molecule has 0 amide bonds. The van der Waals surface area contributed by atoms with Crippen LogP contribution in [0.5, 0.6) is 0 Å². The summed E-state index contributed by atoms with van der Waals surface area (Å²) in [5.41, 5.74) is 27.0. The molecule has 3 heterocycles. The molecule has 3 heteroatoms. The number of aryl methyl sites for hydroxylation is 1. The Morgan fingerprint density at radius 2 is 0.621 bits per heavy atom. The maximum atomic E-state index is 5.64. The molecule has 15 aromatic carbocycles. The molecule has 0 unspecified atom stereocenters. The van der Waals surface area contributed by atoms with Crippen LogP contribution in [0.2, 0.25) is 0 Å². The summed E-state index contributed by atoms with van der Waals surface area (Å²) in [6.07, 6.45) is 0.891. The highest BCUT2D eigenvalue weighted by Gasteiger charge is 2.22. The number of rotatable bonds is 10. The number of thiophene rings is 1. The maximum absolute atomic E-state index is 5.64. The average Bonchev–Trinajstić information content (AvgIpc) is 0.934. The van der Waals surface area contributed by atoms with E-state index in [1.54, 1.807) is 0 Å². The minimum Gasteiger partial charge on any atom is -0.247 e. The third kappa shape index (κ3) is 9.53. The van der Waals surface area contributed by atoms with Crippen molar-refractivity contribution in [3.05, 3.63) is 326 Å². The molecule has 0 saturated heterocycles. The van der Waals surface area contributed by atoms with E-state index in [9.17, 15) is 0 Å². The Kier molecular flexibility index (Phi) is 13.5. The van der Waals surface area contributed by atoms with E-state index in [1.165, 1.54) is 158 Å². The standard InChI is InChI=1S/C92H62N2S/c1-4-69-82(60-26-12-7-13-27-60)52-67(59-24-10-6-11-25-59)54-84(69)81-51-66(58-22-8-5-9-23-58)50-80(57(81)3)61-35-39-63(40-36-61)88-48-46-77-73-31-16-17-32-74(73)85-49-65(43-44-78(85)90(77)94-88)68-53-83(92-86(55-68)79-34-20-21-56(2)91(79)95-92)62-37-41-64(42-38-62)87-47-45-76-72-30-15-14-28-70(72)71-29-18-19-33-75(71)89(76)93-87/h5-55H,4H2,1-3H3. The number of fused-ring (bicyclic) bond motifs is 15. The minimum absolute atomic E-state index is 0.891. The second-order valence-electron chi connectivity index (χ2n) is 25.4. The van der Waals surface area contributed by atoms with Gasteiger partial charge in [-0.1, -0.05) is 250 Å². The Hall–Kier alpha value is -11.6. The van der Waals surface area contributed by atoms with Crippen LogP contribution in [0.4, 0.5) is 0 Å². The van der Waals surface area contributed by atoms with Gasteiger partial charge in [0.15, 0.2) is 0 Å². The maximum Gasteiger partial charge on any atom is 0.0794 e. The Morgan fingerprint density at radius 3 is 1.19 bits per heavy atom. The molecule has 0 bridgehead atoms. The van der Waals surface area contributed by atoms with Crippen LogP contribution in [0.1, 0.15) is 23.6 Å². The van der Waals surface area contributed by atoms with E-state index in [-0.39, 0.29) is 0 Å². The first-order valence-corrected chi connectivity index (χ1v) is 33.8. The topological polar surface area (TPSA) is 25.8 Å². The zero-order chi connectivity index (χ0) is 63.3. The summed E-state index contributed by atoms with van der Waals surface area (Å²) in [6, 6.07) is 114. The van der Waals surface area contributed by atoms with Crippen molar-refractivity contribution in [2.75, 3.05) is 0 Å². The molecule has 0 saturated carbocycles. The summed E-state index contributed by atoms with van der Waals surface area (Å²) >= 11 is 1.90. The van der Waals surface area contributed by atoms with Crippen molar-refractivity contribution in [1.29, 1.82) is 0 Å². The van der Waals surface area contributed by atoms with Gasteiger partial charge in [-0.15, -0.1) is 11.3 Å². The number of nitrogens with zero attached hydrogens (tertiary/aromatic N) is 2. The predicted molar refractivity (Wildman–Crippen MR) is 408 cm³/mol. The zero-order valence-electron chi connectivity index (χ0n) is 53.0. The molecular weight excluding hydrogens is 1170 g/mol. The van der Waals surface area contributed by atoms with Gasteiger partial charge < -0.3 is 0 Å². The number of hydrogen-bond acceptors (Lipinski definition) is 3. The molecule has 0 atom stereocenters. The van der Waals surface area contributed by atoms with Gasteiger partial charge in [0.05, 0.1) is 22.4 Å². The van der Waals surface area contributed by atoms with E-state index in [1.807, 2.05) is 11.3 Å². The lowest BCUT2D eigenvalue weighted by Gasteiger charge is -2.21. The summed E-state index contributed by atoms with van der Waals surface area (Å²) in [5.74, 6) is 0. The fourth-order valence-electron chi connectivity index (χ4n) is 15.2. The van der Waals surface area contributed by atoms with Crippen molar-refractivity contribution >= 4 is 96.4 Å². The van der Waals surface area contributed by atoms with Crippen LogP contribution in [-0.2, 0) is 6.42 Å². The predicted octanol–water partition coefficient (Wildman–Crippen LogP) is 25.9. The summed E-state index contributed by atoms with van der Waals surface area (Å²) in [7, 11) is 0. The summed E-state index contributed by atoms with van der Waals surface area (Å²) in [6.45, 7) is 6.84. The molecule has 3 aromatic heterocycles. The van der Waals surface area contributed by atoms with E-state index in [4.69, 9.17) is 9.97 Å². The molecule has 0 aliphatic carbocycles. The first kappa shape index (κ1) is 56.2. The van der Waals surface area contributed by atoms with Crippen molar-refractivity contribution in [1.82, 2.24) is 9.97 Å². The van der Waals surface area contributed by atoms with Crippen molar-refractivity contribution < 1.29 is 0 Å². The van der Waals surface area contributed by atoms with Crippen LogP contribution < -0.4 is 0 Å². The number of aromatic nitrogens is 2. The SMILES string of the molecule is CCc1c(-c2ccccc2)cc(-c2ccccc2)cc1-c1cc(-c2ccccc2)cc(-c2ccc(-c3ccc4c5ccccc5c5cc(-c6cc(-c7ccc(-c8ccc9c%10ccccc%10c%10ccccc%10c9n8)cc7)c7sc8c(C)cccc8c7c6)ccc5c4n3)cc2)c1C. The van der Waals surface area contributed by atoms with E-state index in [0.29, 0.717) is 0 Å². The number of hydrogen-bond donors (Lipinski definition) is 0. The Balaban J connectivity index is 0.733. The monoisotopic (exact) mass is 1230 g/mol. The van der Waals surface area contributed by atoms with Crippen molar-refractivity contribution in [3.63, 3.8) is 0 Å². The van der Waals surface area contributed by atoms with E-state index >= 15 is 0 Å². The van der Waals surface area contributed by atoms with Crippen LogP contribution in [0.15, 0.2) is 309 Å². The lowest BCUT2D eigenvalue weighted by atomic mass is 9.82. The molecule has 0 radical (unpaired) electrons. The molecule has 2 nitrogen and oxygen atoms in total. The highest BCUT2D eigenvalue weighted by atomic mass is 32.1. The molecule has 0 fully saturated rings. The molecule has 446 valence electrons. The quantitative estimate of drug-likeness (QED) is 0.128. The van der Waals surface area contributed by atoms with Gasteiger partial charge in [0, 0.05) is 58.4 Å². The third-order valence-corrected chi connectivity index (χ3v) is 21.4. The average molecular weight is 1230 g/mol. The second-order valence-corrected chi connectivity index (χ2v) is 26.4. The van der Waals surface area contributed by atoms with Crippen LogP contribution in [0.3, 0.4) is 0 Å². The summed E-state index contributed by atoms with van der Waals surface area (Å²) in [5, 5.41) is 14.5. The smallest absolute Gasteiger partial charge is 0.0794 e. The Morgan fingerprint density at radius 1 is 0.242 bits per heavy atom. The van der Waals surface area contributed by atoms with Gasteiger partial charge in [-0.2, -0.15) is 0 Å². The van der Waals surface area contributed by atoms with Crippen molar-refractivity contribution in [2.24, 2.45) is 0 Å². The van der Waals surface area contributed by atoms with Crippen LogP contribution in [0, 0.1) is 13.8 Å². The largest absolute Gasteiger partial charge is 0.247 e. The minimum atomic E-state index is 0.891.